The van der Waals surface area contributed by atoms with Gasteiger partial charge in [0.05, 0.1) is 25.0 Å². The Morgan fingerprint density at radius 2 is 1.71 bits per heavy atom. The van der Waals surface area contributed by atoms with E-state index in [1.807, 2.05) is 70.1 Å². The number of benzene rings is 3. The van der Waals surface area contributed by atoms with E-state index in [9.17, 15) is 4.79 Å². The van der Waals surface area contributed by atoms with Crippen molar-refractivity contribution in [2.45, 2.75) is 23.8 Å². The molecule has 35 heavy (non-hydrogen) atoms. The zero-order valence-corrected chi connectivity index (χ0v) is 20.7. The molecule has 2 heterocycles. The van der Waals surface area contributed by atoms with Crippen molar-refractivity contribution < 1.29 is 14.3 Å². The van der Waals surface area contributed by atoms with Crippen LogP contribution >= 0.6 is 11.8 Å². The Bertz CT molecular complexity index is 1350. The lowest BCUT2D eigenvalue weighted by Crippen LogP contribution is -2.28. The smallest absolute Gasteiger partial charge is 0.240 e. The first-order valence-corrected chi connectivity index (χ1v) is 12.2. The molecule has 5 rings (SSSR count). The van der Waals surface area contributed by atoms with Crippen LogP contribution in [-0.4, -0.2) is 46.7 Å². The summed E-state index contributed by atoms with van der Waals surface area (Å²) in [4.78, 5) is 15.2. The monoisotopic (exact) mass is 486 g/mol. The number of methoxy groups -OCH3 is 2. The maximum absolute atomic E-state index is 13.4. The highest BCUT2D eigenvalue weighted by molar-refractivity contribution is 8.00. The van der Waals surface area contributed by atoms with E-state index >= 15 is 0 Å². The van der Waals surface area contributed by atoms with Gasteiger partial charge in [-0.1, -0.05) is 47.7 Å². The number of para-hydroxylation sites is 1. The molecule has 1 amide bonds. The number of carbonyl (C=O) groups is 1. The average molecular weight is 487 g/mol. The minimum Gasteiger partial charge on any atom is -0.497 e. The summed E-state index contributed by atoms with van der Waals surface area (Å²) in [6.07, 6.45) is 0.714. The second kappa shape index (κ2) is 9.84. The van der Waals surface area contributed by atoms with Crippen molar-refractivity contribution in [1.29, 1.82) is 0 Å². The van der Waals surface area contributed by atoms with Crippen LogP contribution in [0.3, 0.4) is 0 Å². The van der Waals surface area contributed by atoms with Gasteiger partial charge in [-0.15, -0.1) is 10.2 Å². The number of hydrogen-bond donors (Lipinski definition) is 0. The van der Waals surface area contributed by atoms with Crippen LogP contribution < -0.4 is 14.4 Å². The molecule has 0 aliphatic carbocycles. The number of aromatic nitrogens is 3. The third kappa shape index (κ3) is 4.49. The quantitative estimate of drug-likeness (QED) is 0.360. The standard InChI is InChI=1S/C27H26N4O3S/c1-18-11-13-19(14-12-18)31-25(22-9-4-5-10-23(22)34-3)28-29-27(31)35-24-15-16-30(26(24)32)20-7-6-8-21(17-20)33-2/h4-14,17,24H,15-16H2,1-3H3. The molecule has 0 saturated carbocycles. The first kappa shape index (κ1) is 23.0. The molecule has 1 fully saturated rings. The van der Waals surface area contributed by atoms with E-state index in [0.717, 1.165) is 28.3 Å². The molecule has 1 atom stereocenters. The Kier molecular flexibility index (Phi) is 6.46. The highest BCUT2D eigenvalue weighted by Crippen LogP contribution is 2.37. The Morgan fingerprint density at radius 1 is 0.914 bits per heavy atom. The van der Waals surface area contributed by atoms with Gasteiger partial charge >= 0.3 is 0 Å². The molecule has 178 valence electrons. The SMILES string of the molecule is COc1cccc(N2CCC(Sc3nnc(-c4ccccc4OC)n3-c3ccc(C)cc3)C2=O)c1. The molecule has 8 heteroatoms. The van der Waals surface area contributed by atoms with E-state index in [0.29, 0.717) is 29.7 Å². The lowest BCUT2D eigenvalue weighted by Gasteiger charge is -2.17. The minimum atomic E-state index is -0.264. The molecular formula is C27H26N4O3S. The number of amides is 1. The lowest BCUT2D eigenvalue weighted by molar-refractivity contribution is -0.116. The van der Waals surface area contributed by atoms with Gasteiger partial charge in [0, 0.05) is 24.0 Å². The van der Waals surface area contributed by atoms with Gasteiger partial charge in [0.1, 0.15) is 11.5 Å². The van der Waals surface area contributed by atoms with Crippen molar-refractivity contribution in [3.8, 4) is 28.6 Å². The Balaban J connectivity index is 1.50. The number of nitrogens with zero attached hydrogens (tertiary/aromatic N) is 4. The molecule has 1 aliphatic heterocycles. The van der Waals surface area contributed by atoms with E-state index in [-0.39, 0.29) is 11.2 Å². The summed E-state index contributed by atoms with van der Waals surface area (Å²) < 4.78 is 12.9. The summed E-state index contributed by atoms with van der Waals surface area (Å²) in [6.45, 7) is 2.69. The molecule has 1 saturated heterocycles. The van der Waals surface area contributed by atoms with E-state index in [1.54, 1.807) is 14.2 Å². The summed E-state index contributed by atoms with van der Waals surface area (Å²) in [7, 11) is 3.27. The van der Waals surface area contributed by atoms with Gasteiger partial charge < -0.3 is 14.4 Å². The topological polar surface area (TPSA) is 69.5 Å². The number of ether oxygens (including phenoxy) is 2. The first-order valence-electron chi connectivity index (χ1n) is 11.4. The van der Waals surface area contributed by atoms with Crippen LogP contribution in [0.5, 0.6) is 11.5 Å². The molecule has 0 N–H and O–H groups in total. The number of rotatable bonds is 7. The van der Waals surface area contributed by atoms with Gasteiger partial charge in [-0.05, 0) is 49.7 Å². The third-order valence-corrected chi connectivity index (χ3v) is 7.24. The molecule has 1 aromatic heterocycles. The molecular weight excluding hydrogens is 460 g/mol. The second-order valence-electron chi connectivity index (χ2n) is 8.26. The summed E-state index contributed by atoms with van der Waals surface area (Å²) in [5, 5.41) is 9.45. The zero-order chi connectivity index (χ0) is 24.4. The molecule has 3 aromatic carbocycles. The molecule has 0 spiro atoms. The third-order valence-electron chi connectivity index (χ3n) is 6.04. The van der Waals surface area contributed by atoms with Gasteiger partial charge in [-0.2, -0.15) is 0 Å². The average Bonchev–Trinajstić information content (AvgIpc) is 3.48. The van der Waals surface area contributed by atoms with Crippen molar-refractivity contribution in [1.82, 2.24) is 14.8 Å². The van der Waals surface area contributed by atoms with Crippen molar-refractivity contribution >= 4 is 23.4 Å². The van der Waals surface area contributed by atoms with Crippen molar-refractivity contribution in [2.24, 2.45) is 0 Å². The summed E-state index contributed by atoms with van der Waals surface area (Å²) >= 11 is 1.45. The maximum atomic E-state index is 13.4. The summed E-state index contributed by atoms with van der Waals surface area (Å²) in [5.74, 6) is 2.17. The van der Waals surface area contributed by atoms with E-state index in [4.69, 9.17) is 9.47 Å². The van der Waals surface area contributed by atoms with E-state index in [1.165, 1.54) is 11.8 Å². The van der Waals surface area contributed by atoms with Crippen LogP contribution in [0.4, 0.5) is 5.69 Å². The molecule has 0 bridgehead atoms. The molecule has 4 aromatic rings. The number of thioether (sulfide) groups is 1. The lowest BCUT2D eigenvalue weighted by atomic mass is 10.1. The van der Waals surface area contributed by atoms with Crippen molar-refractivity contribution in [3.63, 3.8) is 0 Å². The number of aryl methyl sites for hydroxylation is 1. The fourth-order valence-corrected chi connectivity index (χ4v) is 5.29. The van der Waals surface area contributed by atoms with Crippen LogP contribution in [-0.2, 0) is 4.79 Å². The maximum Gasteiger partial charge on any atom is 0.240 e. The summed E-state index contributed by atoms with van der Waals surface area (Å²) in [5.41, 5.74) is 3.77. The number of anilines is 1. The summed E-state index contributed by atoms with van der Waals surface area (Å²) in [6, 6.07) is 23.5. The fourth-order valence-electron chi connectivity index (χ4n) is 4.20. The molecule has 1 aliphatic rings. The molecule has 1 unspecified atom stereocenters. The van der Waals surface area contributed by atoms with Crippen LogP contribution in [0.1, 0.15) is 12.0 Å². The highest BCUT2D eigenvalue weighted by atomic mass is 32.2. The van der Waals surface area contributed by atoms with Gasteiger partial charge in [-0.3, -0.25) is 9.36 Å². The van der Waals surface area contributed by atoms with E-state index in [2.05, 4.69) is 29.3 Å². The number of hydrogen-bond acceptors (Lipinski definition) is 6. The largest absolute Gasteiger partial charge is 0.497 e. The van der Waals surface area contributed by atoms with Gasteiger partial charge in [0.25, 0.3) is 0 Å². The predicted octanol–water partition coefficient (Wildman–Crippen LogP) is 5.16. The Labute approximate surface area is 208 Å². The fraction of sp³-hybridized carbons (Fsp3) is 0.222. The Morgan fingerprint density at radius 3 is 2.49 bits per heavy atom. The normalized spacial score (nSPS) is 15.5. The van der Waals surface area contributed by atoms with Crippen molar-refractivity contribution in [2.75, 3.05) is 25.7 Å². The Hall–Kier alpha value is -3.78. The minimum absolute atomic E-state index is 0.0561. The highest BCUT2D eigenvalue weighted by Gasteiger charge is 2.35. The van der Waals surface area contributed by atoms with Gasteiger partial charge in [0.2, 0.25) is 5.91 Å². The molecule has 7 nitrogen and oxygen atoms in total. The van der Waals surface area contributed by atoms with Gasteiger partial charge in [-0.25, -0.2) is 0 Å². The van der Waals surface area contributed by atoms with E-state index < -0.39 is 0 Å². The van der Waals surface area contributed by atoms with Crippen LogP contribution in [0.2, 0.25) is 0 Å². The second-order valence-corrected chi connectivity index (χ2v) is 9.43. The predicted molar refractivity (Wildman–Crippen MR) is 138 cm³/mol. The van der Waals surface area contributed by atoms with Crippen LogP contribution in [0.15, 0.2) is 78.0 Å². The number of carbonyl (C=O) groups excluding carboxylic acids is 1. The molecule has 0 radical (unpaired) electrons. The first-order chi connectivity index (χ1) is 17.1. The van der Waals surface area contributed by atoms with Crippen LogP contribution in [0, 0.1) is 6.92 Å². The van der Waals surface area contributed by atoms with Crippen LogP contribution in [0.25, 0.3) is 17.1 Å². The zero-order valence-electron chi connectivity index (χ0n) is 19.8. The van der Waals surface area contributed by atoms with Crippen molar-refractivity contribution in [3.05, 3.63) is 78.4 Å². The van der Waals surface area contributed by atoms with Gasteiger partial charge in [0.15, 0.2) is 11.0 Å².